The van der Waals surface area contributed by atoms with Crippen molar-refractivity contribution < 1.29 is 14.4 Å². The molecule has 1 aliphatic rings. The van der Waals surface area contributed by atoms with Crippen LogP contribution in [-0.4, -0.2) is 33.0 Å². The summed E-state index contributed by atoms with van der Waals surface area (Å²) in [5.41, 5.74) is 2.65. The number of nitrogens with zero attached hydrogens (tertiary/aromatic N) is 3. The first-order valence-corrected chi connectivity index (χ1v) is 9.37. The average molecular weight is 435 g/mol. The molecule has 150 valence electrons. The molecule has 1 aromatic carbocycles. The fourth-order valence-electron chi connectivity index (χ4n) is 2.89. The number of aromatic nitrogens is 2. The number of hydrazone groups is 1. The fraction of sp³-hybridized carbons (Fsp3) is 0.263. The summed E-state index contributed by atoms with van der Waals surface area (Å²) in [6.07, 6.45) is -0.339. The van der Waals surface area contributed by atoms with Crippen molar-refractivity contribution in [3.63, 3.8) is 0 Å². The first-order chi connectivity index (χ1) is 13.6. The maximum atomic E-state index is 13.0. The minimum absolute atomic E-state index is 0.00488. The second-order valence-corrected chi connectivity index (χ2v) is 7.62. The van der Waals surface area contributed by atoms with Gasteiger partial charge in [0, 0.05) is 18.2 Å². The number of benzene rings is 1. The third-order valence-electron chi connectivity index (χ3n) is 4.37. The van der Waals surface area contributed by atoms with E-state index in [1.54, 1.807) is 0 Å². The molecule has 0 aliphatic carbocycles. The summed E-state index contributed by atoms with van der Waals surface area (Å²) < 4.78 is 1.09. The smallest absolute Gasteiger partial charge is 0.269 e. The Balaban J connectivity index is 2.07. The van der Waals surface area contributed by atoms with Crippen LogP contribution in [0.4, 0.5) is 0 Å². The van der Waals surface area contributed by atoms with E-state index in [1.165, 1.54) is 25.2 Å². The van der Waals surface area contributed by atoms with Crippen molar-refractivity contribution in [2.24, 2.45) is 12.1 Å². The summed E-state index contributed by atoms with van der Waals surface area (Å²) in [7, 11) is 1.46. The van der Waals surface area contributed by atoms with Crippen LogP contribution < -0.4 is 11.0 Å². The molecule has 0 saturated carbocycles. The minimum atomic E-state index is -0.561. The number of hydrogen-bond donors (Lipinski definition) is 1. The Morgan fingerprint density at radius 1 is 1.14 bits per heavy atom. The summed E-state index contributed by atoms with van der Waals surface area (Å²) in [6.45, 7) is 3.67. The highest BCUT2D eigenvalue weighted by Crippen LogP contribution is 2.29. The number of ketones is 2. The fourth-order valence-corrected chi connectivity index (χ4v) is 3.55. The summed E-state index contributed by atoms with van der Waals surface area (Å²) in [5.74, 6) is -1.66. The zero-order valence-electron chi connectivity index (χ0n) is 15.7. The van der Waals surface area contributed by atoms with Gasteiger partial charge in [-0.15, -0.1) is 0 Å². The van der Waals surface area contributed by atoms with Gasteiger partial charge in [0.2, 0.25) is 11.7 Å². The standard InChI is InChI=1S/C19H16Cl2N4O4/c1-8(2)10-6-13(24-25(3)19(10)29)18(28)16-11(20)4-9(5-12(16)21)17-14(26)7-15(27)22-23-17/h4-6,8H,7H2,1-3H3,(H,22,27). The third-order valence-corrected chi connectivity index (χ3v) is 4.96. The molecule has 2 heterocycles. The van der Waals surface area contributed by atoms with Crippen molar-refractivity contribution in [3.05, 3.63) is 61.0 Å². The molecular formula is C19H16Cl2N4O4. The maximum absolute atomic E-state index is 13.0. The molecule has 10 heteroatoms. The summed E-state index contributed by atoms with van der Waals surface area (Å²) in [5, 5.41) is 7.75. The Kier molecular flexibility index (Phi) is 5.68. The number of carbonyl (C=O) groups excluding carboxylic acids is 3. The quantitative estimate of drug-likeness (QED) is 0.585. The van der Waals surface area contributed by atoms with Crippen LogP contribution in [0.2, 0.25) is 10.0 Å². The number of Topliss-reactive ketones (excluding diaryl/α,β-unsaturated/α-hetero) is 1. The Morgan fingerprint density at radius 2 is 1.76 bits per heavy atom. The molecule has 0 saturated heterocycles. The van der Waals surface area contributed by atoms with Crippen molar-refractivity contribution in [1.82, 2.24) is 15.2 Å². The SMILES string of the molecule is CC(C)c1cc(C(=O)c2c(Cl)cc(C3=NNC(=O)CC3=O)cc2Cl)nn(C)c1=O. The van der Waals surface area contributed by atoms with Crippen molar-refractivity contribution in [2.45, 2.75) is 26.2 Å². The van der Waals surface area contributed by atoms with Crippen molar-refractivity contribution in [3.8, 4) is 0 Å². The zero-order valence-corrected chi connectivity index (χ0v) is 17.3. The topological polar surface area (TPSA) is 110 Å². The maximum Gasteiger partial charge on any atom is 0.269 e. The Morgan fingerprint density at radius 3 is 2.31 bits per heavy atom. The molecule has 29 heavy (non-hydrogen) atoms. The highest BCUT2D eigenvalue weighted by molar-refractivity contribution is 6.50. The molecule has 1 amide bonds. The van der Waals surface area contributed by atoms with E-state index in [0.29, 0.717) is 5.56 Å². The van der Waals surface area contributed by atoms with E-state index < -0.39 is 17.5 Å². The highest BCUT2D eigenvalue weighted by Gasteiger charge is 2.26. The van der Waals surface area contributed by atoms with Crippen LogP contribution in [0.3, 0.4) is 0 Å². The van der Waals surface area contributed by atoms with Crippen LogP contribution in [0.25, 0.3) is 0 Å². The van der Waals surface area contributed by atoms with Gasteiger partial charge in [-0.25, -0.2) is 10.1 Å². The number of hydrogen-bond acceptors (Lipinski definition) is 6. The normalized spacial score (nSPS) is 14.1. The lowest BCUT2D eigenvalue weighted by Gasteiger charge is -2.14. The van der Waals surface area contributed by atoms with Crippen LogP contribution in [-0.2, 0) is 16.6 Å². The van der Waals surface area contributed by atoms with Gasteiger partial charge in [-0.1, -0.05) is 37.0 Å². The van der Waals surface area contributed by atoms with Gasteiger partial charge in [0.25, 0.3) is 5.56 Å². The van der Waals surface area contributed by atoms with Gasteiger partial charge in [0.05, 0.1) is 22.0 Å². The van der Waals surface area contributed by atoms with Gasteiger partial charge in [-0.3, -0.25) is 19.2 Å². The van der Waals surface area contributed by atoms with E-state index in [0.717, 1.165) is 4.68 Å². The van der Waals surface area contributed by atoms with Crippen molar-refractivity contribution >= 4 is 46.4 Å². The summed E-state index contributed by atoms with van der Waals surface area (Å²) >= 11 is 12.6. The first kappa shape index (κ1) is 20.9. The molecule has 0 unspecified atom stereocenters. The third kappa shape index (κ3) is 3.99. The van der Waals surface area contributed by atoms with Crippen LogP contribution in [0.15, 0.2) is 28.1 Å². The molecule has 0 spiro atoms. The van der Waals surface area contributed by atoms with E-state index in [2.05, 4.69) is 15.6 Å². The minimum Gasteiger partial charge on any atom is -0.292 e. The molecule has 0 fully saturated rings. The molecule has 3 rings (SSSR count). The number of rotatable bonds is 4. The van der Waals surface area contributed by atoms with Gasteiger partial charge in [-0.2, -0.15) is 10.2 Å². The first-order valence-electron chi connectivity index (χ1n) is 8.62. The highest BCUT2D eigenvalue weighted by atomic mass is 35.5. The van der Waals surface area contributed by atoms with Crippen molar-refractivity contribution in [2.75, 3.05) is 0 Å². The largest absolute Gasteiger partial charge is 0.292 e. The Hall–Kier alpha value is -2.84. The van der Waals surface area contributed by atoms with Gasteiger partial charge < -0.3 is 0 Å². The number of nitrogens with one attached hydrogen (secondary N) is 1. The van der Waals surface area contributed by atoms with Crippen LogP contribution in [0.5, 0.6) is 0 Å². The van der Waals surface area contributed by atoms with E-state index in [1.807, 2.05) is 13.8 Å². The molecule has 1 aromatic heterocycles. The molecule has 1 aliphatic heterocycles. The number of carbonyl (C=O) groups is 3. The molecule has 0 radical (unpaired) electrons. The van der Waals surface area contributed by atoms with E-state index in [9.17, 15) is 19.2 Å². The number of halogens is 2. The second-order valence-electron chi connectivity index (χ2n) is 6.81. The second kappa shape index (κ2) is 7.88. The van der Waals surface area contributed by atoms with Crippen molar-refractivity contribution in [1.29, 1.82) is 0 Å². The van der Waals surface area contributed by atoms with Gasteiger partial charge in [0.15, 0.2) is 5.78 Å². The Labute approximate surface area is 175 Å². The predicted octanol–water partition coefficient (Wildman–Crippen LogP) is 2.23. The van der Waals surface area contributed by atoms with Gasteiger partial charge in [-0.05, 0) is 24.1 Å². The van der Waals surface area contributed by atoms with Crippen LogP contribution in [0, 0.1) is 0 Å². The lowest BCUT2D eigenvalue weighted by Crippen LogP contribution is -2.33. The van der Waals surface area contributed by atoms with E-state index in [-0.39, 0.29) is 50.5 Å². The molecular weight excluding hydrogens is 419 g/mol. The number of amides is 1. The van der Waals surface area contributed by atoms with E-state index in [4.69, 9.17) is 23.2 Å². The van der Waals surface area contributed by atoms with Crippen LogP contribution in [0.1, 0.15) is 53.4 Å². The van der Waals surface area contributed by atoms with Crippen LogP contribution >= 0.6 is 23.2 Å². The molecule has 2 aromatic rings. The Bertz CT molecular complexity index is 1130. The lowest BCUT2D eigenvalue weighted by molar-refractivity contribution is -0.126. The summed E-state index contributed by atoms with van der Waals surface area (Å²) in [4.78, 5) is 48.5. The molecule has 8 nitrogen and oxygen atoms in total. The predicted molar refractivity (Wildman–Crippen MR) is 108 cm³/mol. The lowest BCUT2D eigenvalue weighted by atomic mass is 9.98. The number of aryl methyl sites for hydroxylation is 1. The molecule has 1 N–H and O–H groups in total. The van der Waals surface area contributed by atoms with Gasteiger partial charge in [0.1, 0.15) is 11.4 Å². The zero-order chi connectivity index (χ0) is 21.5. The summed E-state index contributed by atoms with van der Waals surface area (Å²) in [6, 6.07) is 4.18. The van der Waals surface area contributed by atoms with E-state index >= 15 is 0 Å². The van der Waals surface area contributed by atoms with Gasteiger partial charge >= 0.3 is 0 Å². The molecule has 0 bridgehead atoms. The monoisotopic (exact) mass is 434 g/mol. The molecule has 0 atom stereocenters. The average Bonchev–Trinajstić information content (AvgIpc) is 2.62.